The fourth-order valence-corrected chi connectivity index (χ4v) is 3.53. The van der Waals surface area contributed by atoms with Crippen molar-refractivity contribution in [1.29, 1.82) is 0 Å². The lowest BCUT2D eigenvalue weighted by atomic mass is 10.2. The highest BCUT2D eigenvalue weighted by molar-refractivity contribution is 9.10. The molecule has 25 heavy (non-hydrogen) atoms. The highest BCUT2D eigenvalue weighted by Gasteiger charge is 2.13. The normalized spacial score (nSPS) is 10.7. The summed E-state index contributed by atoms with van der Waals surface area (Å²) in [5.74, 6) is 0.872. The molecule has 128 valence electrons. The Morgan fingerprint density at radius 2 is 2.16 bits per heavy atom. The largest absolute Gasteiger partial charge is 0.324 e. The van der Waals surface area contributed by atoms with Crippen LogP contribution in [0.25, 0.3) is 11.4 Å². The quantitative estimate of drug-likeness (QED) is 0.640. The van der Waals surface area contributed by atoms with E-state index in [9.17, 15) is 4.79 Å². The van der Waals surface area contributed by atoms with Gasteiger partial charge in [-0.15, -0.1) is 10.2 Å². The van der Waals surface area contributed by atoms with Crippen LogP contribution in [-0.4, -0.2) is 31.4 Å². The first-order valence-electron chi connectivity index (χ1n) is 7.53. The number of carbonyl (C=O) groups is 1. The Bertz CT molecular complexity index is 897. The highest BCUT2D eigenvalue weighted by Crippen LogP contribution is 2.25. The average molecular weight is 418 g/mol. The van der Waals surface area contributed by atoms with Crippen LogP contribution >= 0.6 is 27.7 Å². The first-order valence-corrected chi connectivity index (χ1v) is 9.31. The van der Waals surface area contributed by atoms with Crippen molar-refractivity contribution in [3.8, 4) is 11.4 Å². The third kappa shape index (κ3) is 4.26. The Morgan fingerprint density at radius 3 is 2.88 bits per heavy atom. The molecule has 1 amide bonds. The second-order valence-electron chi connectivity index (χ2n) is 5.43. The maximum atomic E-state index is 12.2. The van der Waals surface area contributed by atoms with Gasteiger partial charge in [0.2, 0.25) is 5.91 Å². The molecular formula is C17H16BrN5OS. The van der Waals surface area contributed by atoms with Gasteiger partial charge >= 0.3 is 0 Å². The van der Waals surface area contributed by atoms with Crippen molar-refractivity contribution in [1.82, 2.24) is 19.7 Å². The number of hydrogen-bond acceptors (Lipinski definition) is 5. The van der Waals surface area contributed by atoms with Crippen LogP contribution in [0.1, 0.15) is 5.56 Å². The maximum absolute atomic E-state index is 12.2. The SMILES string of the molecule is Cc1ccc(NC(=O)CSc2nnc(-c3cccnc3)n2C)c(Br)c1. The highest BCUT2D eigenvalue weighted by atomic mass is 79.9. The zero-order valence-corrected chi connectivity index (χ0v) is 16.1. The predicted octanol–water partition coefficient (Wildman–Crippen LogP) is 3.68. The minimum Gasteiger partial charge on any atom is -0.324 e. The second-order valence-corrected chi connectivity index (χ2v) is 7.22. The van der Waals surface area contributed by atoms with Gasteiger partial charge in [0.1, 0.15) is 0 Å². The first kappa shape index (κ1) is 17.6. The third-order valence-corrected chi connectivity index (χ3v) is 5.16. The molecule has 0 radical (unpaired) electrons. The molecule has 0 saturated heterocycles. The second kappa shape index (κ2) is 7.79. The fraction of sp³-hybridized carbons (Fsp3) is 0.176. The molecule has 0 aliphatic rings. The topological polar surface area (TPSA) is 72.7 Å². The number of pyridine rings is 1. The lowest BCUT2D eigenvalue weighted by Crippen LogP contribution is -2.14. The van der Waals surface area contributed by atoms with E-state index < -0.39 is 0 Å². The van der Waals surface area contributed by atoms with Crippen LogP contribution in [0.4, 0.5) is 5.69 Å². The molecule has 0 unspecified atom stereocenters. The zero-order chi connectivity index (χ0) is 17.8. The van der Waals surface area contributed by atoms with Crippen LogP contribution in [-0.2, 0) is 11.8 Å². The zero-order valence-electron chi connectivity index (χ0n) is 13.7. The van der Waals surface area contributed by atoms with Crippen LogP contribution in [0.3, 0.4) is 0 Å². The van der Waals surface area contributed by atoms with Gasteiger partial charge in [-0.3, -0.25) is 9.78 Å². The van der Waals surface area contributed by atoms with E-state index in [1.165, 1.54) is 11.8 Å². The van der Waals surface area contributed by atoms with E-state index in [4.69, 9.17) is 0 Å². The molecule has 3 rings (SSSR count). The Labute approximate surface area is 158 Å². The van der Waals surface area contributed by atoms with E-state index in [0.717, 1.165) is 27.1 Å². The molecule has 1 N–H and O–H groups in total. The summed E-state index contributed by atoms with van der Waals surface area (Å²) in [6, 6.07) is 9.57. The van der Waals surface area contributed by atoms with Crippen LogP contribution in [0.5, 0.6) is 0 Å². The molecule has 0 aliphatic heterocycles. The summed E-state index contributed by atoms with van der Waals surface area (Å²) in [7, 11) is 1.87. The number of hydrogen-bond donors (Lipinski definition) is 1. The molecule has 8 heteroatoms. The molecule has 2 heterocycles. The molecule has 3 aromatic rings. The number of thioether (sulfide) groups is 1. The monoisotopic (exact) mass is 417 g/mol. The van der Waals surface area contributed by atoms with Gasteiger partial charge in [-0.1, -0.05) is 17.8 Å². The molecule has 0 spiro atoms. The number of nitrogens with one attached hydrogen (secondary N) is 1. The van der Waals surface area contributed by atoms with Crippen molar-refractivity contribution in [3.05, 3.63) is 52.8 Å². The lowest BCUT2D eigenvalue weighted by molar-refractivity contribution is -0.113. The Kier molecular flexibility index (Phi) is 5.50. The average Bonchev–Trinajstić information content (AvgIpc) is 2.97. The van der Waals surface area contributed by atoms with Gasteiger partial charge in [-0.25, -0.2) is 0 Å². The molecule has 6 nitrogen and oxygen atoms in total. The molecule has 0 bridgehead atoms. The van der Waals surface area contributed by atoms with Crippen molar-refractivity contribution < 1.29 is 4.79 Å². The molecule has 0 aliphatic carbocycles. The summed E-state index contributed by atoms with van der Waals surface area (Å²) in [6.45, 7) is 2.00. The van der Waals surface area contributed by atoms with Crippen LogP contribution in [0, 0.1) is 6.92 Å². The maximum Gasteiger partial charge on any atom is 0.234 e. The fourth-order valence-electron chi connectivity index (χ4n) is 2.22. The molecule has 0 saturated carbocycles. The number of aryl methyl sites for hydroxylation is 1. The van der Waals surface area contributed by atoms with Crippen LogP contribution in [0.2, 0.25) is 0 Å². The molecule has 0 atom stereocenters. The molecule has 2 aromatic heterocycles. The van der Waals surface area contributed by atoms with Gasteiger partial charge in [0.05, 0.1) is 11.4 Å². The van der Waals surface area contributed by atoms with Gasteiger partial charge in [-0.05, 0) is 52.7 Å². The standard InChI is InChI=1S/C17H16BrN5OS/c1-11-5-6-14(13(18)8-11)20-15(24)10-25-17-22-21-16(23(17)2)12-4-3-7-19-9-12/h3-9H,10H2,1-2H3,(H,20,24). The van der Waals surface area contributed by atoms with Crippen molar-refractivity contribution >= 4 is 39.3 Å². The van der Waals surface area contributed by atoms with Crippen molar-refractivity contribution in [2.75, 3.05) is 11.1 Å². The van der Waals surface area contributed by atoms with Crippen molar-refractivity contribution in [3.63, 3.8) is 0 Å². The van der Waals surface area contributed by atoms with Crippen LogP contribution < -0.4 is 5.32 Å². The van der Waals surface area contributed by atoms with E-state index in [0.29, 0.717) is 5.16 Å². The Hall–Kier alpha value is -2.19. The number of rotatable bonds is 5. The summed E-state index contributed by atoms with van der Waals surface area (Å²) in [6.07, 6.45) is 3.45. The van der Waals surface area contributed by atoms with Crippen LogP contribution in [0.15, 0.2) is 52.4 Å². The van der Waals surface area contributed by atoms with Gasteiger partial charge in [0, 0.05) is 29.5 Å². The van der Waals surface area contributed by atoms with E-state index >= 15 is 0 Å². The predicted molar refractivity (Wildman–Crippen MR) is 102 cm³/mol. The first-order chi connectivity index (χ1) is 12.0. The minimum absolute atomic E-state index is 0.0968. The van der Waals surface area contributed by atoms with Crippen molar-refractivity contribution in [2.45, 2.75) is 12.1 Å². The van der Waals surface area contributed by atoms with Crippen molar-refractivity contribution in [2.24, 2.45) is 7.05 Å². The summed E-state index contributed by atoms with van der Waals surface area (Å²) in [5, 5.41) is 11.9. The number of aromatic nitrogens is 4. The minimum atomic E-state index is -0.0968. The van der Waals surface area contributed by atoms with E-state index in [2.05, 4.69) is 36.4 Å². The van der Waals surface area contributed by atoms with E-state index in [1.807, 2.05) is 48.9 Å². The number of anilines is 1. The van der Waals surface area contributed by atoms with Gasteiger partial charge < -0.3 is 9.88 Å². The number of carbonyl (C=O) groups excluding carboxylic acids is 1. The smallest absolute Gasteiger partial charge is 0.234 e. The summed E-state index contributed by atoms with van der Waals surface area (Å²) in [5.41, 5.74) is 2.77. The Morgan fingerprint density at radius 1 is 1.32 bits per heavy atom. The summed E-state index contributed by atoms with van der Waals surface area (Å²) >= 11 is 4.80. The number of benzene rings is 1. The van der Waals surface area contributed by atoms with Gasteiger partial charge in [-0.2, -0.15) is 0 Å². The van der Waals surface area contributed by atoms with E-state index in [1.54, 1.807) is 12.4 Å². The lowest BCUT2D eigenvalue weighted by Gasteiger charge is -2.08. The number of nitrogens with zero attached hydrogens (tertiary/aromatic N) is 4. The van der Waals surface area contributed by atoms with Gasteiger partial charge in [0.25, 0.3) is 0 Å². The number of amides is 1. The summed E-state index contributed by atoms with van der Waals surface area (Å²) in [4.78, 5) is 16.3. The molecular weight excluding hydrogens is 402 g/mol. The van der Waals surface area contributed by atoms with E-state index in [-0.39, 0.29) is 11.7 Å². The summed E-state index contributed by atoms with van der Waals surface area (Å²) < 4.78 is 2.72. The third-order valence-electron chi connectivity index (χ3n) is 3.49. The van der Waals surface area contributed by atoms with Gasteiger partial charge in [0.15, 0.2) is 11.0 Å². The molecule has 1 aromatic carbocycles. The number of halogens is 1. The Balaban J connectivity index is 1.64. The molecule has 0 fully saturated rings.